The number of aromatic carboxylic acids is 1. The number of carbonyl (C=O) groups excluding carboxylic acids is 3. The molecule has 0 atom stereocenters. The second-order valence-electron chi connectivity index (χ2n) is 18.1. The van der Waals surface area contributed by atoms with Crippen molar-refractivity contribution < 1.29 is 77.0 Å². The molecule has 2 aromatic carbocycles. The van der Waals surface area contributed by atoms with E-state index in [4.69, 9.17) is 25.4 Å². The van der Waals surface area contributed by atoms with E-state index >= 15 is 0 Å². The monoisotopic (exact) mass is 1130 g/mol. The number of amides is 3. The molecule has 0 radical (unpaired) electrons. The quantitative estimate of drug-likeness (QED) is 0.0492. The molecule has 0 bridgehead atoms. The Balaban J connectivity index is 0.000000194. The topological polar surface area (TPSA) is 258 Å². The summed E-state index contributed by atoms with van der Waals surface area (Å²) in [6.07, 6.45) is 1.18. The lowest BCUT2D eigenvalue weighted by molar-refractivity contribution is -0.137. The van der Waals surface area contributed by atoms with Crippen LogP contribution in [0.5, 0.6) is 0 Å². The average Bonchev–Trinajstić information content (AvgIpc) is 4.18. The van der Waals surface area contributed by atoms with Gasteiger partial charge in [-0.1, -0.05) is 0 Å². The van der Waals surface area contributed by atoms with Crippen LogP contribution in [-0.2, 0) is 35.0 Å². The fourth-order valence-corrected chi connectivity index (χ4v) is 7.68. The van der Waals surface area contributed by atoms with Gasteiger partial charge in [0.15, 0.2) is 0 Å². The molecular weight excluding hydrogens is 1090 g/mol. The zero-order chi connectivity index (χ0) is 58.4. The van der Waals surface area contributed by atoms with E-state index in [1.165, 1.54) is 85.2 Å². The first kappa shape index (κ1) is 57.5. The number of nitrogen functional groups attached to an aromatic ring is 2. The highest BCUT2D eigenvalue weighted by atomic mass is 19.4. The number of aromatic nitrogens is 4. The number of carbonyl (C=O) groups is 4. The van der Waals surface area contributed by atoms with Crippen LogP contribution < -0.4 is 27.4 Å². The van der Waals surface area contributed by atoms with Crippen molar-refractivity contribution in [2.24, 2.45) is 0 Å². The summed E-state index contributed by atoms with van der Waals surface area (Å²) in [7, 11) is 0. The highest BCUT2D eigenvalue weighted by molar-refractivity contribution is 5.96. The Morgan fingerprint density at radius 2 is 1.04 bits per heavy atom. The van der Waals surface area contributed by atoms with Crippen molar-refractivity contribution in [2.75, 3.05) is 37.6 Å². The number of hydrogen-bond donors (Lipinski definition) is 6. The minimum absolute atomic E-state index is 0.0411. The van der Waals surface area contributed by atoms with Gasteiger partial charge in [-0.3, -0.25) is 24.4 Å². The number of nitrogens with one attached hydrogen (secondary N) is 3. The van der Waals surface area contributed by atoms with Crippen LogP contribution in [0.4, 0.5) is 55.5 Å². The van der Waals surface area contributed by atoms with E-state index in [-0.39, 0.29) is 87.7 Å². The molecule has 10 rings (SSSR count). The number of halogens is 10. The molecule has 81 heavy (non-hydrogen) atoms. The lowest BCUT2D eigenvalue weighted by atomic mass is 10.0. The lowest BCUT2D eigenvalue weighted by Gasteiger charge is -2.38. The zero-order valence-corrected chi connectivity index (χ0v) is 41.5. The minimum Gasteiger partial charge on any atom is -0.478 e. The van der Waals surface area contributed by atoms with Crippen LogP contribution >= 0.6 is 0 Å². The number of anilines is 2. The molecule has 0 spiro atoms. The molecule has 27 heteroatoms. The number of nitrogens with two attached hydrogens (primary N) is 2. The second kappa shape index (κ2) is 23.4. The molecule has 0 unspecified atom stereocenters. The van der Waals surface area contributed by atoms with Gasteiger partial charge in [-0.05, 0) is 108 Å². The van der Waals surface area contributed by atoms with Crippen molar-refractivity contribution in [3.8, 4) is 22.5 Å². The van der Waals surface area contributed by atoms with E-state index in [0.29, 0.717) is 22.8 Å². The Labute approximate surface area is 450 Å². The summed E-state index contributed by atoms with van der Waals surface area (Å²) in [5, 5.41) is 16.8. The van der Waals surface area contributed by atoms with E-state index < -0.39 is 77.7 Å². The fraction of sp³-hybridized carbons (Fsp3) is 0.185. The number of nitrogens with zero attached hydrogens (tertiary/aromatic N) is 5. The Morgan fingerprint density at radius 3 is 1.37 bits per heavy atom. The van der Waals surface area contributed by atoms with E-state index in [2.05, 4.69) is 35.9 Å². The van der Waals surface area contributed by atoms with Crippen LogP contribution in [0.1, 0.15) is 54.5 Å². The van der Waals surface area contributed by atoms with Crippen molar-refractivity contribution in [2.45, 2.75) is 37.3 Å². The highest BCUT2D eigenvalue weighted by Gasteiger charge is 2.46. The van der Waals surface area contributed by atoms with Crippen LogP contribution in [0.15, 0.2) is 131 Å². The van der Waals surface area contributed by atoms with Gasteiger partial charge in [-0.25, -0.2) is 32.3 Å². The van der Waals surface area contributed by atoms with Gasteiger partial charge >= 0.3 is 18.3 Å². The first-order valence-corrected chi connectivity index (χ1v) is 23.7. The zero-order valence-electron chi connectivity index (χ0n) is 41.5. The van der Waals surface area contributed by atoms with Gasteiger partial charge in [0.05, 0.1) is 72.9 Å². The maximum atomic E-state index is 13.9. The molecule has 2 aliphatic rings. The molecule has 8 aromatic rings. The summed E-state index contributed by atoms with van der Waals surface area (Å²) in [4.78, 5) is 64.4. The summed E-state index contributed by atoms with van der Waals surface area (Å²) in [5.74, 6) is -7.27. The van der Waals surface area contributed by atoms with Crippen molar-refractivity contribution in [3.63, 3.8) is 0 Å². The molecule has 6 aromatic heterocycles. The smallest absolute Gasteiger partial charge is 0.420 e. The van der Waals surface area contributed by atoms with Gasteiger partial charge in [0.2, 0.25) is 11.8 Å². The number of hydrogen-bond acceptors (Lipinski definition) is 13. The van der Waals surface area contributed by atoms with Crippen LogP contribution in [0.3, 0.4) is 0 Å². The molecule has 8 N–H and O–H groups in total. The van der Waals surface area contributed by atoms with E-state index in [9.17, 15) is 63.1 Å². The SMILES string of the molecule is FC1(F)CNC1.Nc1ccc(/C=C/C(=O)NCc2cc3cc(-c4ccc(C(=O)N5CC(F)(F)C5)cn4)cc(C(F)(F)F)c3o2)cn1.Nc1ccc(/C=C/C(=O)NCc2cc3cc(-c4ccc(C(=O)O)cn4)cc(C(F)(F)F)c3o2)cn1. The van der Waals surface area contributed by atoms with Crippen molar-refractivity contribution >= 4 is 69.4 Å². The van der Waals surface area contributed by atoms with Gasteiger partial charge in [-0.15, -0.1) is 0 Å². The van der Waals surface area contributed by atoms with E-state index in [1.54, 1.807) is 24.3 Å². The average molecular weight is 1130 g/mol. The first-order chi connectivity index (χ1) is 38.2. The summed E-state index contributed by atoms with van der Waals surface area (Å²) < 4.78 is 143. The van der Waals surface area contributed by atoms with Crippen molar-refractivity contribution in [1.29, 1.82) is 0 Å². The Kier molecular flexibility index (Phi) is 16.6. The number of benzene rings is 2. The molecule has 17 nitrogen and oxygen atoms in total. The van der Waals surface area contributed by atoms with Gasteiger partial charge < -0.3 is 46.3 Å². The minimum atomic E-state index is -4.76. The number of likely N-dealkylation sites (tertiary alicyclic amines) is 1. The van der Waals surface area contributed by atoms with Gasteiger partial charge in [0, 0.05) is 58.8 Å². The predicted octanol–water partition coefficient (Wildman–Crippen LogP) is 9.65. The van der Waals surface area contributed by atoms with Gasteiger partial charge in [0.1, 0.15) is 34.3 Å². The molecule has 420 valence electrons. The largest absolute Gasteiger partial charge is 0.478 e. The molecule has 8 heterocycles. The van der Waals surface area contributed by atoms with Crippen LogP contribution in [-0.4, -0.2) is 91.7 Å². The number of pyridine rings is 4. The Bertz CT molecular complexity index is 3660. The number of carboxylic acids is 1. The van der Waals surface area contributed by atoms with E-state index in [0.717, 1.165) is 29.4 Å². The molecule has 2 aliphatic heterocycles. The predicted molar refractivity (Wildman–Crippen MR) is 274 cm³/mol. The van der Waals surface area contributed by atoms with Gasteiger partial charge in [-0.2, -0.15) is 26.3 Å². The Hall–Kier alpha value is -9.66. The standard InChI is InChI=1S/C27H20F5N5O3.C24H17F3N4O4.C3H5F2N/c28-26(29)13-37(14-26)25(39)16-3-4-21(34-11-16)17-7-18-8-19(40-24(18)20(9-17)27(30,31)32)12-36-23(38)6-2-15-1-5-22(33)35-10-15;25-24(26,27)18-9-15(19-4-3-14(11-29-19)23(33)34)7-16-8-17(35-22(16)18)12-31-21(32)6-2-13-1-5-20(28)30-10-13;4-3(5)1-6-2-3/h1-11H,12-14H2,(H2,33,35)(H,36,38);1-11H,12H2,(H2,28,30)(H,31,32)(H,33,34);6H,1-2H2/b2*6-2+;. The summed E-state index contributed by atoms with van der Waals surface area (Å²) in [5.41, 5.74) is 9.94. The summed E-state index contributed by atoms with van der Waals surface area (Å²) >= 11 is 0. The highest BCUT2D eigenvalue weighted by Crippen LogP contribution is 2.41. The molecule has 0 saturated carbocycles. The summed E-state index contributed by atoms with van der Waals surface area (Å²) in [6.45, 7) is -1.97. The number of rotatable bonds is 12. The number of alkyl halides is 10. The fourth-order valence-electron chi connectivity index (χ4n) is 7.68. The number of furan rings is 2. The Morgan fingerprint density at radius 1 is 0.605 bits per heavy atom. The lowest BCUT2D eigenvalue weighted by Crippen LogP contribution is -2.58. The number of carboxylic acid groups (broad SMARTS) is 1. The third-order valence-corrected chi connectivity index (χ3v) is 11.8. The van der Waals surface area contributed by atoms with Crippen molar-refractivity contribution in [1.82, 2.24) is 40.8 Å². The first-order valence-electron chi connectivity index (χ1n) is 23.7. The maximum absolute atomic E-state index is 13.9. The molecule has 2 fully saturated rings. The third kappa shape index (κ3) is 14.9. The normalized spacial score (nSPS) is 14.6. The van der Waals surface area contributed by atoms with Crippen LogP contribution in [0.2, 0.25) is 0 Å². The number of fused-ring (bicyclic) bond motifs is 2. The van der Waals surface area contributed by atoms with Gasteiger partial charge in [0.25, 0.3) is 17.8 Å². The second-order valence-corrected chi connectivity index (χ2v) is 18.1. The molecule has 0 aliphatic carbocycles. The van der Waals surface area contributed by atoms with Crippen LogP contribution in [0.25, 0.3) is 56.6 Å². The van der Waals surface area contributed by atoms with E-state index in [1.807, 2.05) is 0 Å². The van der Waals surface area contributed by atoms with Crippen molar-refractivity contribution in [3.05, 3.63) is 167 Å². The third-order valence-electron chi connectivity index (χ3n) is 11.8. The molecule has 2 saturated heterocycles. The van der Waals surface area contributed by atoms with Crippen LogP contribution in [0, 0.1) is 0 Å². The molecular formula is C54H42F10N10O7. The molecule has 3 amide bonds. The summed E-state index contributed by atoms with van der Waals surface area (Å²) in [6, 6.07) is 19.2. The maximum Gasteiger partial charge on any atom is 0.420 e.